The number of aromatic amines is 1. The Hall–Kier alpha value is -2.36. The standard InChI is InChI=1S/C19H14BrN3OS/c1-12-3-2-4-13(9-12)11-25-19-22-17(16(10-21)18(24)23-19)14-5-7-15(20)8-6-14/h2-9H,11H2,1H3,(H,22,23,24). The minimum absolute atomic E-state index is 0.0298. The Morgan fingerprint density at radius 2 is 2.00 bits per heavy atom. The van der Waals surface area contributed by atoms with E-state index in [9.17, 15) is 10.1 Å². The Balaban J connectivity index is 1.95. The monoisotopic (exact) mass is 411 g/mol. The third kappa shape index (κ3) is 4.19. The second-order valence-electron chi connectivity index (χ2n) is 5.49. The third-order valence-corrected chi connectivity index (χ3v) is 5.06. The molecule has 0 saturated heterocycles. The number of thioether (sulfide) groups is 1. The van der Waals surface area contributed by atoms with E-state index in [4.69, 9.17) is 0 Å². The van der Waals surface area contributed by atoms with Gasteiger partial charge in [-0.15, -0.1) is 0 Å². The summed E-state index contributed by atoms with van der Waals surface area (Å²) in [6, 6.07) is 17.5. The zero-order valence-electron chi connectivity index (χ0n) is 13.4. The van der Waals surface area contributed by atoms with Crippen molar-refractivity contribution in [2.45, 2.75) is 17.8 Å². The SMILES string of the molecule is Cc1cccc(CSc2nc(-c3ccc(Br)cc3)c(C#N)c(=O)[nH]2)c1. The Morgan fingerprint density at radius 3 is 2.68 bits per heavy atom. The average Bonchev–Trinajstić information content (AvgIpc) is 2.60. The van der Waals surface area contributed by atoms with E-state index in [2.05, 4.69) is 32.0 Å². The molecule has 0 bridgehead atoms. The first-order chi connectivity index (χ1) is 12.1. The molecule has 1 aromatic heterocycles. The molecule has 2 aromatic carbocycles. The molecule has 4 nitrogen and oxygen atoms in total. The Labute approximate surface area is 158 Å². The summed E-state index contributed by atoms with van der Waals surface area (Å²) in [7, 11) is 0. The summed E-state index contributed by atoms with van der Waals surface area (Å²) in [6.07, 6.45) is 0. The molecule has 25 heavy (non-hydrogen) atoms. The average molecular weight is 412 g/mol. The molecule has 0 spiro atoms. The molecule has 0 fully saturated rings. The number of rotatable bonds is 4. The number of H-pyrrole nitrogens is 1. The van der Waals surface area contributed by atoms with Crippen molar-refractivity contribution < 1.29 is 0 Å². The molecule has 3 rings (SSSR count). The van der Waals surface area contributed by atoms with Gasteiger partial charge in [-0.3, -0.25) is 4.79 Å². The van der Waals surface area contributed by atoms with Crippen LogP contribution in [0.15, 0.2) is 63.0 Å². The molecule has 0 aliphatic rings. The highest BCUT2D eigenvalue weighted by molar-refractivity contribution is 9.10. The number of nitriles is 1. The van der Waals surface area contributed by atoms with Crippen molar-refractivity contribution in [2.24, 2.45) is 0 Å². The van der Waals surface area contributed by atoms with Gasteiger partial charge in [0, 0.05) is 15.8 Å². The largest absolute Gasteiger partial charge is 0.300 e. The highest BCUT2D eigenvalue weighted by atomic mass is 79.9. The van der Waals surface area contributed by atoms with Crippen molar-refractivity contribution in [2.75, 3.05) is 0 Å². The van der Waals surface area contributed by atoms with Gasteiger partial charge in [0.1, 0.15) is 11.6 Å². The molecule has 0 saturated carbocycles. The predicted molar refractivity (Wildman–Crippen MR) is 103 cm³/mol. The van der Waals surface area contributed by atoms with Crippen LogP contribution in [0, 0.1) is 18.3 Å². The van der Waals surface area contributed by atoms with Gasteiger partial charge in [0.05, 0.1) is 5.69 Å². The van der Waals surface area contributed by atoms with Gasteiger partial charge in [-0.2, -0.15) is 5.26 Å². The number of nitrogens with zero attached hydrogens (tertiary/aromatic N) is 2. The highest BCUT2D eigenvalue weighted by Gasteiger charge is 2.13. The summed E-state index contributed by atoms with van der Waals surface area (Å²) in [5, 5.41) is 9.82. The van der Waals surface area contributed by atoms with Gasteiger partial charge in [-0.25, -0.2) is 4.98 Å². The summed E-state index contributed by atoms with van der Waals surface area (Å²) < 4.78 is 0.925. The van der Waals surface area contributed by atoms with E-state index in [0.29, 0.717) is 16.6 Å². The molecule has 1 heterocycles. The fourth-order valence-electron chi connectivity index (χ4n) is 2.39. The number of benzene rings is 2. The van der Waals surface area contributed by atoms with Crippen LogP contribution in [0.3, 0.4) is 0 Å². The lowest BCUT2D eigenvalue weighted by Crippen LogP contribution is -2.14. The van der Waals surface area contributed by atoms with Crippen LogP contribution in [0.5, 0.6) is 0 Å². The van der Waals surface area contributed by atoms with Crippen molar-refractivity contribution in [3.63, 3.8) is 0 Å². The van der Waals surface area contributed by atoms with Crippen LogP contribution in [0.1, 0.15) is 16.7 Å². The third-order valence-electron chi connectivity index (χ3n) is 3.59. The Morgan fingerprint density at radius 1 is 1.24 bits per heavy atom. The molecular formula is C19H14BrN3OS. The maximum atomic E-state index is 12.3. The fraction of sp³-hybridized carbons (Fsp3) is 0.105. The Kier molecular flexibility index (Phi) is 5.37. The number of aryl methyl sites for hydroxylation is 1. The van der Waals surface area contributed by atoms with Crippen LogP contribution >= 0.6 is 27.7 Å². The van der Waals surface area contributed by atoms with Gasteiger partial charge >= 0.3 is 0 Å². The van der Waals surface area contributed by atoms with E-state index < -0.39 is 5.56 Å². The lowest BCUT2D eigenvalue weighted by molar-refractivity contribution is 0.934. The number of hydrogen-bond donors (Lipinski definition) is 1. The van der Waals surface area contributed by atoms with Crippen LogP contribution in [0.25, 0.3) is 11.3 Å². The van der Waals surface area contributed by atoms with E-state index in [-0.39, 0.29) is 5.56 Å². The maximum Gasteiger partial charge on any atom is 0.270 e. The van der Waals surface area contributed by atoms with Crippen LogP contribution in [-0.4, -0.2) is 9.97 Å². The van der Waals surface area contributed by atoms with Crippen LogP contribution in [0.4, 0.5) is 0 Å². The second-order valence-corrected chi connectivity index (χ2v) is 7.37. The van der Waals surface area contributed by atoms with E-state index in [1.54, 1.807) is 0 Å². The number of halogens is 1. The molecule has 0 aliphatic heterocycles. The number of nitrogens with one attached hydrogen (secondary N) is 1. The first kappa shape index (κ1) is 17.5. The van der Waals surface area contributed by atoms with Crippen molar-refractivity contribution in [1.29, 1.82) is 5.26 Å². The van der Waals surface area contributed by atoms with Crippen molar-refractivity contribution >= 4 is 27.7 Å². The summed E-state index contributed by atoms with van der Waals surface area (Å²) in [6.45, 7) is 2.04. The smallest absolute Gasteiger partial charge is 0.270 e. The fourth-order valence-corrected chi connectivity index (χ4v) is 3.46. The van der Waals surface area contributed by atoms with Gasteiger partial charge in [0.15, 0.2) is 5.16 Å². The molecule has 0 atom stereocenters. The van der Waals surface area contributed by atoms with Gasteiger partial charge in [0.25, 0.3) is 5.56 Å². The van der Waals surface area contributed by atoms with Crippen molar-refractivity contribution in [1.82, 2.24) is 9.97 Å². The summed E-state index contributed by atoms with van der Waals surface area (Å²) >= 11 is 4.82. The van der Waals surface area contributed by atoms with E-state index in [1.165, 1.54) is 17.3 Å². The van der Waals surface area contributed by atoms with Crippen molar-refractivity contribution in [3.05, 3.63) is 80.0 Å². The molecule has 0 amide bonds. The molecule has 0 radical (unpaired) electrons. The molecule has 3 aromatic rings. The molecule has 6 heteroatoms. The number of hydrogen-bond acceptors (Lipinski definition) is 4. The quantitative estimate of drug-likeness (QED) is 0.499. The lowest BCUT2D eigenvalue weighted by Gasteiger charge is -2.07. The van der Waals surface area contributed by atoms with E-state index in [1.807, 2.05) is 55.5 Å². The number of aromatic nitrogens is 2. The molecule has 0 aliphatic carbocycles. The minimum atomic E-state index is -0.415. The molecule has 1 N–H and O–H groups in total. The van der Waals surface area contributed by atoms with Gasteiger partial charge in [-0.1, -0.05) is 69.7 Å². The van der Waals surface area contributed by atoms with Gasteiger partial charge in [0.2, 0.25) is 0 Å². The van der Waals surface area contributed by atoms with Gasteiger partial charge < -0.3 is 4.98 Å². The summed E-state index contributed by atoms with van der Waals surface area (Å²) in [5.74, 6) is 0.691. The van der Waals surface area contributed by atoms with Gasteiger partial charge in [-0.05, 0) is 24.6 Å². The zero-order valence-corrected chi connectivity index (χ0v) is 15.8. The predicted octanol–water partition coefficient (Wildman–Crippen LogP) is 4.67. The van der Waals surface area contributed by atoms with E-state index in [0.717, 1.165) is 15.6 Å². The topological polar surface area (TPSA) is 69.5 Å². The second kappa shape index (κ2) is 7.68. The van der Waals surface area contributed by atoms with Crippen LogP contribution in [-0.2, 0) is 5.75 Å². The molecular weight excluding hydrogens is 398 g/mol. The van der Waals surface area contributed by atoms with Crippen molar-refractivity contribution in [3.8, 4) is 17.3 Å². The normalized spacial score (nSPS) is 10.4. The minimum Gasteiger partial charge on any atom is -0.300 e. The lowest BCUT2D eigenvalue weighted by atomic mass is 10.1. The zero-order chi connectivity index (χ0) is 17.8. The Bertz CT molecular complexity index is 1010. The molecule has 124 valence electrons. The van der Waals surface area contributed by atoms with Crippen LogP contribution < -0.4 is 5.56 Å². The first-order valence-corrected chi connectivity index (χ1v) is 9.33. The summed E-state index contributed by atoms with van der Waals surface area (Å²) in [5.41, 5.74) is 3.11. The first-order valence-electron chi connectivity index (χ1n) is 7.55. The highest BCUT2D eigenvalue weighted by Crippen LogP contribution is 2.25. The van der Waals surface area contributed by atoms with E-state index >= 15 is 0 Å². The maximum absolute atomic E-state index is 12.3. The molecule has 0 unspecified atom stereocenters. The van der Waals surface area contributed by atoms with Crippen LogP contribution in [0.2, 0.25) is 0 Å². The summed E-state index contributed by atoms with van der Waals surface area (Å²) in [4.78, 5) is 19.5.